The Kier molecular flexibility index (Phi) is 4.37. The van der Waals surface area contributed by atoms with Crippen LogP contribution in [0.25, 0.3) is 0 Å². The summed E-state index contributed by atoms with van der Waals surface area (Å²) in [5.41, 5.74) is 6.82. The molecule has 3 N–H and O–H groups in total. The minimum Gasteiger partial charge on any atom is -0.497 e. The molecule has 0 aliphatic rings. The molecule has 0 spiro atoms. The van der Waals surface area contributed by atoms with Crippen LogP contribution >= 0.6 is 23.2 Å². The molecule has 104 valence electrons. The van der Waals surface area contributed by atoms with E-state index in [0.717, 1.165) is 0 Å². The Morgan fingerprint density at radius 3 is 2.40 bits per heavy atom. The molecule has 2 aromatic carbocycles. The van der Waals surface area contributed by atoms with E-state index >= 15 is 0 Å². The van der Waals surface area contributed by atoms with Crippen LogP contribution in [-0.4, -0.2) is 13.0 Å². The van der Waals surface area contributed by atoms with Crippen LogP contribution in [0, 0.1) is 0 Å². The van der Waals surface area contributed by atoms with Gasteiger partial charge in [-0.2, -0.15) is 0 Å². The quantitative estimate of drug-likeness (QED) is 0.847. The number of hydrogen-bond donors (Lipinski definition) is 2. The van der Waals surface area contributed by atoms with Crippen molar-refractivity contribution in [2.75, 3.05) is 18.2 Å². The van der Waals surface area contributed by atoms with Gasteiger partial charge in [0.2, 0.25) is 0 Å². The van der Waals surface area contributed by atoms with Gasteiger partial charge < -0.3 is 15.8 Å². The average Bonchev–Trinajstić information content (AvgIpc) is 2.38. The van der Waals surface area contributed by atoms with Crippen molar-refractivity contribution in [3.63, 3.8) is 0 Å². The van der Waals surface area contributed by atoms with E-state index in [1.54, 1.807) is 31.4 Å². The zero-order chi connectivity index (χ0) is 14.7. The Hall–Kier alpha value is -1.91. The summed E-state index contributed by atoms with van der Waals surface area (Å²) in [6.45, 7) is 0. The van der Waals surface area contributed by atoms with Gasteiger partial charge in [0, 0.05) is 16.4 Å². The maximum atomic E-state index is 12.2. The van der Waals surface area contributed by atoms with Crippen molar-refractivity contribution in [2.24, 2.45) is 0 Å². The third-order valence-corrected chi connectivity index (χ3v) is 3.18. The Balaban J connectivity index is 2.23. The first-order valence-electron chi connectivity index (χ1n) is 5.71. The summed E-state index contributed by atoms with van der Waals surface area (Å²) in [7, 11) is 1.57. The molecule has 0 saturated heterocycles. The Labute approximate surface area is 126 Å². The standard InChI is InChI=1S/C14H12Cl2N2O2/c1-20-10-4-2-9(3-5-10)18-14(19)13-11(16)6-8(15)7-12(13)17/h2-7H,17H2,1H3,(H,18,19). The first kappa shape index (κ1) is 14.5. The van der Waals surface area contributed by atoms with Crippen molar-refractivity contribution in [2.45, 2.75) is 0 Å². The van der Waals surface area contributed by atoms with Crippen molar-refractivity contribution in [3.8, 4) is 5.75 Å². The second-order valence-corrected chi connectivity index (χ2v) is 4.88. The van der Waals surface area contributed by atoms with E-state index < -0.39 is 5.91 Å². The van der Waals surface area contributed by atoms with Gasteiger partial charge in [-0.25, -0.2) is 0 Å². The second-order valence-electron chi connectivity index (χ2n) is 4.03. The van der Waals surface area contributed by atoms with Gasteiger partial charge in [-0.05, 0) is 36.4 Å². The predicted octanol–water partition coefficient (Wildman–Crippen LogP) is 3.84. The van der Waals surface area contributed by atoms with Crippen LogP contribution < -0.4 is 15.8 Å². The molecule has 2 aromatic rings. The third-order valence-electron chi connectivity index (χ3n) is 2.66. The lowest BCUT2D eigenvalue weighted by atomic mass is 10.1. The minimum absolute atomic E-state index is 0.201. The maximum Gasteiger partial charge on any atom is 0.259 e. The molecule has 20 heavy (non-hydrogen) atoms. The molecule has 2 rings (SSSR count). The molecule has 1 amide bonds. The number of carbonyl (C=O) groups is 1. The van der Waals surface area contributed by atoms with E-state index in [1.807, 2.05) is 0 Å². The fourth-order valence-electron chi connectivity index (χ4n) is 1.70. The number of hydrogen-bond acceptors (Lipinski definition) is 3. The monoisotopic (exact) mass is 310 g/mol. The van der Waals surface area contributed by atoms with Gasteiger partial charge >= 0.3 is 0 Å². The molecule has 0 radical (unpaired) electrons. The van der Waals surface area contributed by atoms with Gasteiger partial charge in [0.05, 0.1) is 17.7 Å². The van der Waals surface area contributed by atoms with Crippen LogP contribution in [0.15, 0.2) is 36.4 Å². The first-order chi connectivity index (χ1) is 9.51. The smallest absolute Gasteiger partial charge is 0.259 e. The number of anilines is 2. The van der Waals surface area contributed by atoms with Gasteiger partial charge in [-0.1, -0.05) is 23.2 Å². The zero-order valence-electron chi connectivity index (χ0n) is 10.6. The second kappa shape index (κ2) is 6.03. The van der Waals surface area contributed by atoms with E-state index in [0.29, 0.717) is 16.5 Å². The summed E-state index contributed by atoms with van der Waals surface area (Å²) in [4.78, 5) is 12.2. The largest absolute Gasteiger partial charge is 0.497 e. The highest BCUT2D eigenvalue weighted by Gasteiger charge is 2.15. The Morgan fingerprint density at radius 1 is 1.20 bits per heavy atom. The number of rotatable bonds is 3. The lowest BCUT2D eigenvalue weighted by Crippen LogP contribution is -2.14. The van der Waals surface area contributed by atoms with E-state index in [-0.39, 0.29) is 16.3 Å². The predicted molar refractivity (Wildman–Crippen MR) is 81.8 cm³/mol. The molecule has 0 atom stereocenters. The molecule has 6 heteroatoms. The minimum atomic E-state index is -0.394. The van der Waals surface area contributed by atoms with Gasteiger partial charge in [0.15, 0.2) is 0 Å². The van der Waals surface area contributed by atoms with Crippen LogP contribution in [0.5, 0.6) is 5.75 Å². The molecule has 0 aliphatic carbocycles. The molecule has 0 bridgehead atoms. The lowest BCUT2D eigenvalue weighted by molar-refractivity contribution is 0.102. The summed E-state index contributed by atoms with van der Waals surface area (Å²) < 4.78 is 5.04. The lowest BCUT2D eigenvalue weighted by Gasteiger charge is -2.10. The SMILES string of the molecule is COc1ccc(NC(=O)c2c(N)cc(Cl)cc2Cl)cc1. The Bertz CT molecular complexity index is 619. The average molecular weight is 311 g/mol. The highest BCUT2D eigenvalue weighted by atomic mass is 35.5. The number of halogens is 2. The van der Waals surface area contributed by atoms with Gasteiger partial charge in [-0.3, -0.25) is 4.79 Å². The molecule has 0 aromatic heterocycles. The number of nitrogen functional groups attached to an aromatic ring is 1. The molecule has 0 aliphatic heterocycles. The molecular formula is C14H12Cl2N2O2. The van der Waals surface area contributed by atoms with E-state index in [2.05, 4.69) is 5.32 Å². The molecule has 4 nitrogen and oxygen atoms in total. The molecule has 0 unspecified atom stereocenters. The molecular weight excluding hydrogens is 299 g/mol. The summed E-state index contributed by atoms with van der Waals surface area (Å²) in [5, 5.41) is 3.30. The van der Waals surface area contributed by atoms with Crippen LogP contribution in [-0.2, 0) is 0 Å². The van der Waals surface area contributed by atoms with Crippen molar-refractivity contribution in [1.29, 1.82) is 0 Å². The first-order valence-corrected chi connectivity index (χ1v) is 6.47. The fraction of sp³-hybridized carbons (Fsp3) is 0.0714. The van der Waals surface area contributed by atoms with Crippen LogP contribution in [0.1, 0.15) is 10.4 Å². The highest BCUT2D eigenvalue weighted by Crippen LogP contribution is 2.28. The fourth-order valence-corrected chi connectivity index (χ4v) is 2.30. The molecule has 0 fully saturated rings. The maximum absolute atomic E-state index is 12.2. The van der Waals surface area contributed by atoms with Gasteiger partial charge in [0.1, 0.15) is 5.75 Å². The van der Waals surface area contributed by atoms with Crippen molar-refractivity contribution in [1.82, 2.24) is 0 Å². The number of nitrogens with two attached hydrogens (primary N) is 1. The van der Waals surface area contributed by atoms with Gasteiger partial charge in [-0.15, -0.1) is 0 Å². The van der Waals surface area contributed by atoms with Crippen molar-refractivity contribution >= 4 is 40.5 Å². The zero-order valence-corrected chi connectivity index (χ0v) is 12.1. The Morgan fingerprint density at radius 2 is 1.85 bits per heavy atom. The van der Waals surface area contributed by atoms with Crippen molar-refractivity contribution in [3.05, 3.63) is 52.0 Å². The van der Waals surface area contributed by atoms with Crippen LogP contribution in [0.2, 0.25) is 10.0 Å². The number of amides is 1. The topological polar surface area (TPSA) is 64.3 Å². The van der Waals surface area contributed by atoms with E-state index in [1.165, 1.54) is 12.1 Å². The number of methoxy groups -OCH3 is 1. The van der Waals surface area contributed by atoms with E-state index in [9.17, 15) is 4.79 Å². The van der Waals surface area contributed by atoms with E-state index in [4.69, 9.17) is 33.7 Å². The van der Waals surface area contributed by atoms with Crippen molar-refractivity contribution < 1.29 is 9.53 Å². The number of carbonyl (C=O) groups excluding carboxylic acids is 1. The summed E-state index contributed by atoms with van der Waals surface area (Å²) >= 11 is 11.8. The summed E-state index contributed by atoms with van der Waals surface area (Å²) in [5.74, 6) is 0.307. The normalized spacial score (nSPS) is 10.2. The molecule has 0 heterocycles. The highest BCUT2D eigenvalue weighted by molar-refractivity contribution is 6.38. The van der Waals surface area contributed by atoms with Gasteiger partial charge in [0.25, 0.3) is 5.91 Å². The summed E-state index contributed by atoms with van der Waals surface area (Å²) in [6.07, 6.45) is 0. The third kappa shape index (κ3) is 3.15. The number of benzene rings is 2. The summed E-state index contributed by atoms with van der Waals surface area (Å²) in [6, 6.07) is 9.87. The van der Waals surface area contributed by atoms with Crippen LogP contribution in [0.3, 0.4) is 0 Å². The number of ether oxygens (including phenoxy) is 1. The van der Waals surface area contributed by atoms with Crippen LogP contribution in [0.4, 0.5) is 11.4 Å². The molecule has 0 saturated carbocycles. The number of nitrogens with one attached hydrogen (secondary N) is 1.